The quantitative estimate of drug-likeness (QED) is 0.338. The van der Waals surface area contributed by atoms with Crippen molar-refractivity contribution in [3.8, 4) is 0 Å². The molecular weight excluding hydrogens is 407 g/mol. The molecule has 0 N–H and O–H groups in total. The van der Waals surface area contributed by atoms with Gasteiger partial charge in [-0.15, -0.1) is 0 Å². The minimum atomic E-state index is -2.03. The van der Waals surface area contributed by atoms with Crippen LogP contribution >= 0.6 is 22.6 Å². The summed E-state index contributed by atoms with van der Waals surface area (Å²) in [6.45, 7) is 9.62. The summed E-state index contributed by atoms with van der Waals surface area (Å²) in [5.74, 6) is 0. The van der Waals surface area contributed by atoms with Crippen LogP contribution < -0.4 is 10.4 Å². The monoisotopic (exact) mass is 434 g/mol. The second-order valence-electron chi connectivity index (χ2n) is 7.10. The topological polar surface area (TPSA) is 0 Å². The average Bonchev–Trinajstić information content (AvgIpc) is 2.54. The van der Waals surface area contributed by atoms with Crippen LogP contribution in [0.15, 0.2) is 71.9 Å². The predicted octanol–water partition coefficient (Wildman–Crippen LogP) is 5.36. The fourth-order valence-electron chi connectivity index (χ4n) is 3.88. The molecule has 0 aliphatic carbocycles. The lowest BCUT2D eigenvalue weighted by Gasteiger charge is -2.45. The number of halogens is 1. The Hall–Kier alpha value is -0.873. The Labute approximate surface area is 156 Å². The van der Waals surface area contributed by atoms with Gasteiger partial charge in [0.1, 0.15) is 8.07 Å². The Bertz CT molecular complexity index is 599. The summed E-state index contributed by atoms with van der Waals surface area (Å²) in [5, 5.41) is 4.82. The molecule has 0 spiro atoms. The van der Waals surface area contributed by atoms with Gasteiger partial charge in [0.05, 0.1) is 0 Å². The van der Waals surface area contributed by atoms with E-state index in [0.29, 0.717) is 0 Å². The number of hydrogen-bond acceptors (Lipinski definition) is 0. The van der Waals surface area contributed by atoms with Crippen molar-refractivity contribution < 1.29 is 0 Å². The molecule has 2 aromatic rings. The molecule has 0 heterocycles. The van der Waals surface area contributed by atoms with Gasteiger partial charge in [0, 0.05) is 4.43 Å². The molecule has 2 rings (SSSR count). The van der Waals surface area contributed by atoms with E-state index in [0.717, 1.165) is 6.42 Å². The fraction of sp³-hybridized carbons (Fsp3) is 0.333. The van der Waals surface area contributed by atoms with Crippen molar-refractivity contribution >= 4 is 41.0 Å². The molecule has 2 heteroatoms. The van der Waals surface area contributed by atoms with Gasteiger partial charge in [-0.2, -0.15) is 0 Å². The molecule has 0 saturated carbocycles. The van der Waals surface area contributed by atoms with Crippen molar-refractivity contribution in [2.75, 3.05) is 4.43 Å². The van der Waals surface area contributed by atoms with E-state index in [1.54, 1.807) is 5.20 Å². The van der Waals surface area contributed by atoms with Gasteiger partial charge in [0.25, 0.3) is 0 Å². The maximum absolute atomic E-state index is 2.49. The van der Waals surface area contributed by atoms with Gasteiger partial charge in [0.2, 0.25) is 0 Å². The molecule has 0 radical (unpaired) electrons. The molecule has 0 unspecified atom stereocenters. The Morgan fingerprint density at radius 2 is 1.35 bits per heavy atom. The van der Waals surface area contributed by atoms with E-state index in [-0.39, 0.29) is 5.04 Å². The molecule has 0 aromatic heterocycles. The molecule has 0 nitrogen and oxygen atoms in total. The lowest BCUT2D eigenvalue weighted by Crippen LogP contribution is -2.65. The summed E-state index contributed by atoms with van der Waals surface area (Å²) in [4.78, 5) is 0. The lowest BCUT2D eigenvalue weighted by atomic mass is 10.2. The summed E-state index contributed by atoms with van der Waals surface area (Å²) < 4.78 is 1.17. The SMILES string of the molecule is C/C(=C\CCI)[Si](c1ccccc1)(c1ccccc1)C(C)(C)C. The summed E-state index contributed by atoms with van der Waals surface area (Å²) in [6.07, 6.45) is 3.64. The zero-order valence-corrected chi connectivity index (χ0v) is 17.8. The first-order chi connectivity index (χ1) is 10.9. The lowest BCUT2D eigenvalue weighted by molar-refractivity contribution is 0.735. The van der Waals surface area contributed by atoms with Gasteiger partial charge in [-0.3, -0.25) is 0 Å². The van der Waals surface area contributed by atoms with Crippen LogP contribution in [-0.4, -0.2) is 12.5 Å². The van der Waals surface area contributed by atoms with Gasteiger partial charge in [-0.05, 0) is 28.8 Å². The zero-order valence-electron chi connectivity index (χ0n) is 14.6. The molecule has 0 saturated heterocycles. The maximum Gasteiger partial charge on any atom is 0.148 e. The van der Waals surface area contributed by atoms with E-state index >= 15 is 0 Å². The van der Waals surface area contributed by atoms with E-state index in [1.807, 2.05) is 0 Å². The first-order valence-electron chi connectivity index (χ1n) is 8.29. The first kappa shape index (κ1) is 18.5. The number of hydrogen-bond donors (Lipinski definition) is 0. The van der Waals surface area contributed by atoms with E-state index < -0.39 is 8.07 Å². The number of rotatable bonds is 5. The van der Waals surface area contributed by atoms with Crippen LogP contribution in [0, 0.1) is 0 Å². The maximum atomic E-state index is 2.49. The predicted molar refractivity (Wildman–Crippen MR) is 115 cm³/mol. The van der Waals surface area contributed by atoms with Gasteiger partial charge in [0.15, 0.2) is 0 Å². The van der Waals surface area contributed by atoms with Crippen LogP contribution in [0.5, 0.6) is 0 Å². The molecule has 0 atom stereocenters. The fourth-order valence-corrected chi connectivity index (χ4v) is 10.2. The van der Waals surface area contributed by atoms with Crippen LogP contribution in [0.3, 0.4) is 0 Å². The Balaban J connectivity index is 2.80. The highest BCUT2D eigenvalue weighted by atomic mass is 127. The minimum Gasteiger partial charge on any atom is -0.0880 e. The van der Waals surface area contributed by atoms with Gasteiger partial charge < -0.3 is 0 Å². The van der Waals surface area contributed by atoms with E-state index in [9.17, 15) is 0 Å². The highest BCUT2D eigenvalue weighted by Gasteiger charge is 2.48. The van der Waals surface area contributed by atoms with Crippen molar-refractivity contribution in [1.29, 1.82) is 0 Å². The zero-order chi connectivity index (χ0) is 16.9. The second-order valence-corrected chi connectivity index (χ2v) is 13.1. The number of allylic oxidation sites excluding steroid dienone is 2. The van der Waals surface area contributed by atoms with Crippen molar-refractivity contribution in [3.05, 3.63) is 71.9 Å². The minimum absolute atomic E-state index is 0.210. The van der Waals surface area contributed by atoms with Crippen molar-refractivity contribution in [1.82, 2.24) is 0 Å². The van der Waals surface area contributed by atoms with Crippen molar-refractivity contribution in [2.45, 2.75) is 39.2 Å². The third-order valence-electron chi connectivity index (χ3n) is 4.69. The molecule has 0 fully saturated rings. The van der Waals surface area contributed by atoms with Gasteiger partial charge in [-0.25, -0.2) is 0 Å². The second kappa shape index (κ2) is 7.80. The Kier molecular flexibility index (Phi) is 6.26. The summed E-state index contributed by atoms with van der Waals surface area (Å²) >= 11 is 2.47. The van der Waals surface area contributed by atoms with Gasteiger partial charge in [-0.1, -0.05) is 115 Å². The average molecular weight is 434 g/mol. The molecular formula is C21H27ISi. The Morgan fingerprint density at radius 1 is 0.913 bits per heavy atom. The molecule has 23 heavy (non-hydrogen) atoms. The Morgan fingerprint density at radius 3 is 1.70 bits per heavy atom. The molecule has 0 aliphatic heterocycles. The molecule has 0 aliphatic rings. The summed E-state index contributed by atoms with van der Waals surface area (Å²) in [5.41, 5.74) is 0. The molecule has 122 valence electrons. The highest BCUT2D eigenvalue weighted by molar-refractivity contribution is 14.1. The van der Waals surface area contributed by atoms with Crippen LogP contribution in [-0.2, 0) is 0 Å². The van der Waals surface area contributed by atoms with Crippen molar-refractivity contribution in [3.63, 3.8) is 0 Å². The number of alkyl halides is 1. The summed E-state index contributed by atoms with van der Waals surface area (Å²) in [7, 11) is -2.03. The van der Waals surface area contributed by atoms with Crippen LogP contribution in [0.1, 0.15) is 34.1 Å². The smallest absolute Gasteiger partial charge is 0.0880 e. The molecule has 2 aromatic carbocycles. The number of benzene rings is 2. The third-order valence-corrected chi connectivity index (χ3v) is 11.3. The van der Waals surface area contributed by atoms with E-state index in [2.05, 4.69) is 117 Å². The van der Waals surface area contributed by atoms with E-state index in [4.69, 9.17) is 0 Å². The van der Waals surface area contributed by atoms with Crippen LogP contribution in [0.25, 0.3) is 0 Å². The van der Waals surface area contributed by atoms with Gasteiger partial charge >= 0.3 is 0 Å². The normalized spacial score (nSPS) is 13.2. The highest BCUT2D eigenvalue weighted by Crippen LogP contribution is 2.40. The molecule has 0 bridgehead atoms. The van der Waals surface area contributed by atoms with Crippen LogP contribution in [0.4, 0.5) is 0 Å². The van der Waals surface area contributed by atoms with Crippen LogP contribution in [0.2, 0.25) is 5.04 Å². The van der Waals surface area contributed by atoms with E-state index in [1.165, 1.54) is 14.8 Å². The molecule has 0 amide bonds. The first-order valence-corrected chi connectivity index (χ1v) is 11.8. The largest absolute Gasteiger partial charge is 0.148 e. The van der Waals surface area contributed by atoms with Crippen molar-refractivity contribution in [2.24, 2.45) is 0 Å². The summed E-state index contributed by atoms with van der Waals surface area (Å²) in [6, 6.07) is 22.4. The standard InChI is InChI=1S/C21H27ISi/c1-18(12-11-17-22)23(21(2,3)4,19-13-7-5-8-14-19)20-15-9-6-10-16-20/h5-10,12-16H,11,17H2,1-4H3/b18-12+. The third kappa shape index (κ3) is 3.63.